The zero-order chi connectivity index (χ0) is 56.1. The highest BCUT2D eigenvalue weighted by Crippen LogP contribution is 2.49. The van der Waals surface area contributed by atoms with Crippen molar-refractivity contribution >= 4 is 52.5 Å². The molecule has 81 heavy (non-hydrogen) atoms. The number of rotatable bonds is 13. The number of methoxy groups -OCH3 is 2. The SMILES string of the molecule is COC(=O)N[C@H](C(=O)N1CCC[C@H]1c1nc2c([nH]1)C=C(F)C([C@H]1CC[C@H](c3cc4nc([C@@H]5CCCN5C(=O)[C@@H](NC(=O)OC)C5CCCC5)[nH]c4cc3F)N1c1cc(F)c(N3CCC(c4ccccc4)CC3)c(F)c1)C2)C1CCCC1. The summed E-state index contributed by atoms with van der Waals surface area (Å²) in [5.41, 5.74) is 3.34. The van der Waals surface area contributed by atoms with Gasteiger partial charge in [-0.1, -0.05) is 56.0 Å². The first-order valence-corrected chi connectivity index (χ1v) is 29.4. The monoisotopic (exact) mass is 1120 g/mol. The number of anilines is 2. The maximum absolute atomic E-state index is 17.2. The third kappa shape index (κ3) is 10.6. The number of carbonyl (C=O) groups excluding carboxylic acids is 4. The Morgan fingerprint density at radius 2 is 1.21 bits per heavy atom. The lowest BCUT2D eigenvalue weighted by molar-refractivity contribution is -0.136. The number of H-pyrrole nitrogens is 2. The highest BCUT2D eigenvalue weighted by Gasteiger charge is 2.47. The summed E-state index contributed by atoms with van der Waals surface area (Å²) in [5, 5.41) is 5.62. The molecule has 16 nitrogen and oxygen atoms in total. The molecule has 2 aromatic heterocycles. The van der Waals surface area contributed by atoms with Gasteiger partial charge in [0, 0.05) is 55.8 Å². The predicted molar refractivity (Wildman–Crippen MR) is 296 cm³/mol. The zero-order valence-electron chi connectivity index (χ0n) is 46.0. The van der Waals surface area contributed by atoms with Crippen LogP contribution in [0.3, 0.4) is 0 Å². The van der Waals surface area contributed by atoms with E-state index in [9.17, 15) is 19.2 Å². The third-order valence-electron chi connectivity index (χ3n) is 19.0. The highest BCUT2D eigenvalue weighted by molar-refractivity contribution is 5.87. The van der Waals surface area contributed by atoms with Gasteiger partial charge in [0.25, 0.3) is 0 Å². The van der Waals surface area contributed by atoms with E-state index in [1.807, 2.05) is 18.2 Å². The Balaban J connectivity index is 0.848. The lowest BCUT2D eigenvalue weighted by Crippen LogP contribution is -2.51. The summed E-state index contributed by atoms with van der Waals surface area (Å²) in [4.78, 5) is 77.4. The van der Waals surface area contributed by atoms with Crippen molar-refractivity contribution in [3.63, 3.8) is 0 Å². The Kier molecular flexibility index (Phi) is 15.5. The second kappa shape index (κ2) is 23.0. The van der Waals surface area contributed by atoms with Crippen molar-refractivity contribution in [2.24, 2.45) is 17.8 Å². The first-order valence-electron chi connectivity index (χ1n) is 29.4. The number of piperidine rings is 1. The van der Waals surface area contributed by atoms with Crippen LogP contribution in [0.1, 0.15) is 161 Å². The minimum absolute atomic E-state index is 0.0281. The predicted octanol–water partition coefficient (Wildman–Crippen LogP) is 11.1. The number of imidazole rings is 2. The van der Waals surface area contributed by atoms with E-state index in [2.05, 4.69) is 32.7 Å². The molecule has 0 bridgehead atoms. The van der Waals surface area contributed by atoms with E-state index in [1.165, 1.54) is 44.1 Å². The van der Waals surface area contributed by atoms with Gasteiger partial charge in [-0.15, -0.1) is 0 Å². The molecule has 4 aliphatic heterocycles. The van der Waals surface area contributed by atoms with E-state index in [0.717, 1.165) is 51.4 Å². The molecule has 5 aromatic rings. The van der Waals surface area contributed by atoms with Gasteiger partial charge in [-0.25, -0.2) is 37.1 Å². The van der Waals surface area contributed by atoms with E-state index in [-0.39, 0.29) is 52.9 Å². The summed E-state index contributed by atoms with van der Waals surface area (Å²) < 4.78 is 78.0. The smallest absolute Gasteiger partial charge is 0.407 e. The quantitative estimate of drug-likeness (QED) is 0.0829. The number of nitrogens with zero attached hydrogens (tertiary/aromatic N) is 6. The van der Waals surface area contributed by atoms with Crippen molar-refractivity contribution in [1.29, 1.82) is 0 Å². The van der Waals surface area contributed by atoms with Crippen molar-refractivity contribution < 1.29 is 46.2 Å². The second-order valence-electron chi connectivity index (χ2n) is 23.5. The number of halogens is 4. The Bertz CT molecular complexity index is 3160. The number of aromatic nitrogens is 4. The summed E-state index contributed by atoms with van der Waals surface area (Å²) in [7, 11) is 2.55. The average molecular weight is 1120 g/mol. The molecule has 4 N–H and O–H groups in total. The van der Waals surface area contributed by atoms with Gasteiger partial charge in [0.05, 0.1) is 54.8 Å². The summed E-state index contributed by atoms with van der Waals surface area (Å²) in [6, 6.07) is 11.8. The fraction of sp³-hybridized carbons (Fsp3) is 0.541. The summed E-state index contributed by atoms with van der Waals surface area (Å²) >= 11 is 0. The molecule has 7 atom stereocenters. The molecule has 0 radical (unpaired) electrons. The van der Waals surface area contributed by atoms with Crippen LogP contribution in [0.25, 0.3) is 17.1 Å². The average Bonchev–Trinajstić information content (AvgIpc) is 4.46. The molecule has 6 heterocycles. The van der Waals surface area contributed by atoms with Gasteiger partial charge in [-0.05, 0) is 131 Å². The number of amides is 4. The second-order valence-corrected chi connectivity index (χ2v) is 23.5. The largest absolute Gasteiger partial charge is 0.453 e. The number of likely N-dealkylation sites (tertiary alicyclic amines) is 2. The van der Waals surface area contributed by atoms with Crippen LogP contribution in [-0.2, 0) is 25.5 Å². The van der Waals surface area contributed by atoms with Gasteiger partial charge < -0.3 is 49.7 Å². The van der Waals surface area contributed by atoms with Crippen LogP contribution in [-0.4, -0.2) is 112 Å². The Hall–Kier alpha value is -7.12. The number of benzene rings is 3. The van der Waals surface area contributed by atoms with E-state index in [1.54, 1.807) is 25.7 Å². The lowest BCUT2D eigenvalue weighted by Gasteiger charge is -2.38. The normalized spacial score (nSPS) is 24.4. The van der Waals surface area contributed by atoms with Crippen molar-refractivity contribution in [1.82, 2.24) is 40.4 Å². The standard InChI is InChI=1S/C61H72F4N10O6/c1-80-60(78)70-53(36-14-6-7-15-36)58(76)73-24-10-18-51(73)56-66-45-30-39(41(62)32-47(45)68-56)49-20-21-50(75(49)38-28-43(64)55(44(65)29-38)72-26-22-35(23-27-72)34-12-4-3-5-13-34)40-31-46-48(33-42(40)63)69-57(67-46)52-19-11-25-74(52)59(77)54(71-61(79)81-2)37-16-8-9-17-37/h3-5,12-13,28-30,32-33,35-37,40,49-54H,6-11,14-27,31H2,1-2H3,(H,66,68)(H,67,69)(H,70,78)(H,71,79)/t40?,49-,50-,51+,52+,53+,54+/m1/s1. The molecule has 1 unspecified atom stereocenters. The number of hydrogen-bond acceptors (Lipinski definition) is 10. The molecule has 2 saturated carbocycles. The molecular formula is C61H72F4N10O6. The van der Waals surface area contributed by atoms with E-state index in [4.69, 9.17) is 19.4 Å². The number of alkyl carbamates (subject to hydrolysis) is 2. The van der Waals surface area contributed by atoms with Gasteiger partial charge >= 0.3 is 12.2 Å². The van der Waals surface area contributed by atoms with Gasteiger partial charge in [0.2, 0.25) is 11.8 Å². The lowest BCUT2D eigenvalue weighted by atomic mass is 9.87. The molecular weight excluding hydrogens is 1040 g/mol. The molecule has 7 aliphatic rings. The Morgan fingerprint density at radius 1 is 0.630 bits per heavy atom. The minimum Gasteiger partial charge on any atom is -0.453 e. The van der Waals surface area contributed by atoms with Crippen molar-refractivity contribution in [2.75, 3.05) is 50.2 Å². The van der Waals surface area contributed by atoms with Gasteiger partial charge in [-0.2, -0.15) is 0 Å². The van der Waals surface area contributed by atoms with Gasteiger partial charge in [0.1, 0.15) is 41.1 Å². The molecule has 6 fully saturated rings. The van der Waals surface area contributed by atoms with Crippen LogP contribution < -0.4 is 20.4 Å². The number of nitrogens with one attached hydrogen (secondary N) is 4. The molecule has 0 spiro atoms. The summed E-state index contributed by atoms with van der Waals surface area (Å²) in [6.45, 7) is 1.80. The maximum Gasteiger partial charge on any atom is 0.407 e. The first-order chi connectivity index (χ1) is 39.3. The van der Waals surface area contributed by atoms with Gasteiger partial charge in [-0.3, -0.25) is 9.59 Å². The number of ether oxygens (including phenoxy) is 2. The highest BCUT2D eigenvalue weighted by atomic mass is 19.1. The van der Waals surface area contributed by atoms with E-state index < -0.39 is 77.6 Å². The molecule has 4 amide bonds. The number of hydrogen-bond donors (Lipinski definition) is 4. The van der Waals surface area contributed by atoms with Crippen molar-refractivity contribution in [3.05, 3.63) is 112 Å². The number of aromatic amines is 2. The fourth-order valence-electron chi connectivity index (χ4n) is 15.0. The molecule has 12 rings (SSSR count). The fourth-order valence-corrected chi connectivity index (χ4v) is 15.0. The maximum atomic E-state index is 17.2. The number of fused-ring (bicyclic) bond motifs is 2. The van der Waals surface area contributed by atoms with Gasteiger partial charge in [0.15, 0.2) is 11.6 Å². The Morgan fingerprint density at radius 3 is 1.79 bits per heavy atom. The van der Waals surface area contributed by atoms with E-state index in [0.29, 0.717) is 112 Å². The van der Waals surface area contributed by atoms with Crippen molar-refractivity contribution in [3.8, 4) is 0 Å². The number of carbonyl (C=O) groups is 4. The minimum atomic E-state index is -0.852. The van der Waals surface area contributed by atoms with Crippen molar-refractivity contribution in [2.45, 2.75) is 151 Å². The first kappa shape index (κ1) is 54.5. The molecule has 3 aliphatic carbocycles. The zero-order valence-corrected chi connectivity index (χ0v) is 46.0. The van der Waals surface area contributed by atoms with Crippen LogP contribution in [0.2, 0.25) is 0 Å². The topological polar surface area (TPSA) is 181 Å². The van der Waals surface area contributed by atoms with Crippen LogP contribution in [0.4, 0.5) is 38.5 Å². The summed E-state index contributed by atoms with van der Waals surface area (Å²) in [5.74, 6) is -2.66. The summed E-state index contributed by atoms with van der Waals surface area (Å²) in [6.07, 6.45) is 12.0. The Labute approximate surface area is 468 Å². The molecule has 430 valence electrons. The molecule has 4 saturated heterocycles. The van der Waals surface area contributed by atoms with Crippen LogP contribution in [0.15, 0.2) is 60.4 Å². The molecule has 20 heteroatoms. The van der Waals surface area contributed by atoms with Crippen LogP contribution in [0.5, 0.6) is 0 Å². The third-order valence-corrected chi connectivity index (χ3v) is 19.0. The molecule has 3 aromatic carbocycles. The van der Waals surface area contributed by atoms with Crippen LogP contribution >= 0.6 is 0 Å². The van der Waals surface area contributed by atoms with Crippen LogP contribution in [0, 0.1) is 35.2 Å². The van der Waals surface area contributed by atoms with E-state index >= 15 is 17.6 Å².